The maximum absolute atomic E-state index is 13.0. The number of aromatic nitrogens is 2. The third kappa shape index (κ3) is 2.69. The molecule has 0 saturated heterocycles. The van der Waals surface area contributed by atoms with Crippen molar-refractivity contribution < 1.29 is 4.39 Å². The van der Waals surface area contributed by atoms with Crippen molar-refractivity contribution in [2.24, 2.45) is 7.05 Å². The van der Waals surface area contributed by atoms with E-state index in [0.29, 0.717) is 5.69 Å². The Morgan fingerprint density at radius 3 is 2.33 bits per heavy atom. The minimum atomic E-state index is -0.253. The highest BCUT2D eigenvalue weighted by atomic mass is 79.9. The molecule has 0 saturated carbocycles. The van der Waals surface area contributed by atoms with Crippen LogP contribution in [0.1, 0.15) is 0 Å². The van der Waals surface area contributed by atoms with Gasteiger partial charge in [-0.15, -0.1) is 0 Å². The van der Waals surface area contributed by atoms with Crippen molar-refractivity contribution in [3.05, 3.63) is 59.0 Å². The Morgan fingerprint density at radius 2 is 1.71 bits per heavy atom. The summed E-state index contributed by atoms with van der Waals surface area (Å²) in [5, 5.41) is 4.22. The maximum atomic E-state index is 13.0. The Hall–Kier alpha value is -2.14. The summed E-state index contributed by atoms with van der Waals surface area (Å²) in [6.07, 6.45) is 1.75. The Morgan fingerprint density at radius 1 is 1.05 bits per heavy atom. The number of nitrogen functional groups attached to an aromatic ring is 1. The summed E-state index contributed by atoms with van der Waals surface area (Å²) >= 11 is 3.49. The SMILES string of the molecule is Cn1ncc(Br)c1-c1cc(N)cc(-c2ccc(F)cc2)c1. The van der Waals surface area contributed by atoms with Gasteiger partial charge in [0.1, 0.15) is 5.82 Å². The Labute approximate surface area is 130 Å². The van der Waals surface area contributed by atoms with Gasteiger partial charge in [0.2, 0.25) is 0 Å². The van der Waals surface area contributed by atoms with E-state index in [1.807, 2.05) is 25.2 Å². The molecule has 3 aromatic rings. The number of nitrogens with zero attached hydrogens (tertiary/aromatic N) is 2. The predicted molar refractivity (Wildman–Crippen MR) is 86.2 cm³/mol. The molecule has 0 aliphatic rings. The number of hydrogen-bond donors (Lipinski definition) is 1. The zero-order valence-electron chi connectivity index (χ0n) is 11.3. The summed E-state index contributed by atoms with van der Waals surface area (Å²) in [6, 6.07) is 12.2. The first-order valence-electron chi connectivity index (χ1n) is 6.39. The Balaban J connectivity index is 2.15. The number of benzene rings is 2. The summed E-state index contributed by atoms with van der Waals surface area (Å²) in [5.41, 5.74) is 10.4. The molecule has 3 nitrogen and oxygen atoms in total. The molecule has 2 aromatic carbocycles. The molecule has 0 radical (unpaired) electrons. The average Bonchev–Trinajstić information content (AvgIpc) is 2.78. The monoisotopic (exact) mass is 345 g/mol. The fraction of sp³-hybridized carbons (Fsp3) is 0.0625. The minimum Gasteiger partial charge on any atom is -0.399 e. The minimum absolute atomic E-state index is 0.253. The fourth-order valence-corrected chi connectivity index (χ4v) is 2.91. The van der Waals surface area contributed by atoms with E-state index in [2.05, 4.69) is 21.0 Å². The molecule has 0 amide bonds. The van der Waals surface area contributed by atoms with Gasteiger partial charge in [-0.1, -0.05) is 12.1 Å². The van der Waals surface area contributed by atoms with Crippen LogP contribution in [0, 0.1) is 5.82 Å². The molecular weight excluding hydrogens is 333 g/mol. The average molecular weight is 346 g/mol. The lowest BCUT2D eigenvalue weighted by Gasteiger charge is -2.09. The fourth-order valence-electron chi connectivity index (χ4n) is 2.33. The highest BCUT2D eigenvalue weighted by Crippen LogP contribution is 2.33. The molecule has 0 bridgehead atoms. The molecule has 0 aliphatic heterocycles. The van der Waals surface area contributed by atoms with Gasteiger partial charge in [0.15, 0.2) is 0 Å². The molecule has 0 atom stereocenters. The molecule has 2 N–H and O–H groups in total. The third-order valence-corrected chi connectivity index (χ3v) is 3.88. The van der Waals surface area contributed by atoms with E-state index >= 15 is 0 Å². The Kier molecular flexibility index (Phi) is 3.51. The van der Waals surface area contributed by atoms with Crippen molar-refractivity contribution in [2.45, 2.75) is 0 Å². The zero-order chi connectivity index (χ0) is 15.0. The lowest BCUT2D eigenvalue weighted by Crippen LogP contribution is -1.95. The summed E-state index contributed by atoms with van der Waals surface area (Å²) in [7, 11) is 1.88. The van der Waals surface area contributed by atoms with Gasteiger partial charge in [-0.2, -0.15) is 5.10 Å². The number of hydrogen-bond acceptors (Lipinski definition) is 2. The van der Waals surface area contributed by atoms with E-state index in [-0.39, 0.29) is 5.82 Å². The normalized spacial score (nSPS) is 10.8. The molecular formula is C16H13BrFN3. The van der Waals surface area contributed by atoms with Crippen LogP contribution >= 0.6 is 15.9 Å². The predicted octanol–water partition coefficient (Wildman–Crippen LogP) is 4.24. The molecule has 21 heavy (non-hydrogen) atoms. The van der Waals surface area contributed by atoms with Gasteiger partial charge in [-0.3, -0.25) is 4.68 Å². The Bertz CT molecular complexity index is 774. The standard InChI is InChI=1S/C16H13BrFN3/c1-21-16(15(17)9-20-21)12-6-11(7-14(19)8-12)10-2-4-13(18)5-3-10/h2-9H,19H2,1H3. The van der Waals surface area contributed by atoms with Crippen LogP contribution in [0.5, 0.6) is 0 Å². The van der Waals surface area contributed by atoms with Gasteiger partial charge in [-0.05, 0) is 57.4 Å². The molecule has 5 heteroatoms. The number of halogens is 2. The van der Waals surface area contributed by atoms with Crippen LogP contribution in [0.3, 0.4) is 0 Å². The molecule has 0 aliphatic carbocycles. The van der Waals surface area contributed by atoms with Crippen molar-refractivity contribution >= 4 is 21.6 Å². The summed E-state index contributed by atoms with van der Waals surface area (Å²) in [4.78, 5) is 0. The highest BCUT2D eigenvalue weighted by Gasteiger charge is 2.11. The van der Waals surface area contributed by atoms with Crippen molar-refractivity contribution in [3.63, 3.8) is 0 Å². The van der Waals surface area contributed by atoms with Gasteiger partial charge in [-0.25, -0.2) is 4.39 Å². The summed E-state index contributed by atoms with van der Waals surface area (Å²) < 4.78 is 15.7. The summed E-state index contributed by atoms with van der Waals surface area (Å²) in [5.74, 6) is -0.253. The molecule has 1 heterocycles. The van der Waals surface area contributed by atoms with Crippen molar-refractivity contribution in [1.29, 1.82) is 0 Å². The van der Waals surface area contributed by atoms with Crippen LogP contribution in [-0.2, 0) is 7.05 Å². The molecule has 0 unspecified atom stereocenters. The lowest BCUT2D eigenvalue weighted by atomic mass is 10.0. The van der Waals surface area contributed by atoms with E-state index in [4.69, 9.17) is 5.73 Å². The second kappa shape index (κ2) is 5.33. The second-order valence-corrected chi connectivity index (χ2v) is 5.67. The number of aryl methyl sites for hydroxylation is 1. The first-order valence-corrected chi connectivity index (χ1v) is 7.18. The van der Waals surface area contributed by atoms with Crippen molar-refractivity contribution in [2.75, 3.05) is 5.73 Å². The number of anilines is 1. The van der Waals surface area contributed by atoms with Crippen LogP contribution in [0.25, 0.3) is 22.4 Å². The van der Waals surface area contributed by atoms with Crippen LogP contribution in [0.2, 0.25) is 0 Å². The molecule has 0 spiro atoms. The van der Waals surface area contributed by atoms with Crippen LogP contribution in [0.15, 0.2) is 53.1 Å². The van der Waals surface area contributed by atoms with E-state index in [1.165, 1.54) is 12.1 Å². The third-order valence-electron chi connectivity index (χ3n) is 3.30. The van der Waals surface area contributed by atoms with Crippen molar-refractivity contribution in [3.8, 4) is 22.4 Å². The molecule has 3 rings (SSSR count). The van der Waals surface area contributed by atoms with Gasteiger partial charge >= 0.3 is 0 Å². The molecule has 0 fully saturated rings. The van der Waals surface area contributed by atoms with Crippen molar-refractivity contribution in [1.82, 2.24) is 9.78 Å². The second-order valence-electron chi connectivity index (χ2n) is 4.82. The van der Waals surface area contributed by atoms with Gasteiger partial charge in [0.05, 0.1) is 16.4 Å². The van der Waals surface area contributed by atoms with E-state index in [9.17, 15) is 4.39 Å². The summed E-state index contributed by atoms with van der Waals surface area (Å²) in [6.45, 7) is 0. The zero-order valence-corrected chi connectivity index (χ0v) is 12.9. The topological polar surface area (TPSA) is 43.8 Å². The largest absolute Gasteiger partial charge is 0.399 e. The van der Waals surface area contributed by atoms with E-state index < -0.39 is 0 Å². The first-order chi connectivity index (χ1) is 10.0. The van der Waals surface area contributed by atoms with Crippen LogP contribution < -0.4 is 5.73 Å². The molecule has 106 valence electrons. The maximum Gasteiger partial charge on any atom is 0.123 e. The number of rotatable bonds is 2. The quantitative estimate of drug-likeness (QED) is 0.706. The number of nitrogens with two attached hydrogens (primary N) is 1. The highest BCUT2D eigenvalue weighted by molar-refractivity contribution is 9.10. The van der Waals surface area contributed by atoms with Crippen LogP contribution in [-0.4, -0.2) is 9.78 Å². The smallest absolute Gasteiger partial charge is 0.123 e. The van der Waals surface area contributed by atoms with Gasteiger partial charge in [0, 0.05) is 18.3 Å². The van der Waals surface area contributed by atoms with Gasteiger partial charge < -0.3 is 5.73 Å². The van der Waals surface area contributed by atoms with Crippen LogP contribution in [0.4, 0.5) is 10.1 Å². The lowest BCUT2D eigenvalue weighted by molar-refractivity contribution is 0.628. The van der Waals surface area contributed by atoms with E-state index in [1.54, 1.807) is 23.0 Å². The first kappa shape index (κ1) is 13.8. The molecule has 1 aromatic heterocycles. The van der Waals surface area contributed by atoms with E-state index in [0.717, 1.165) is 26.9 Å². The van der Waals surface area contributed by atoms with Gasteiger partial charge in [0.25, 0.3) is 0 Å².